The number of hydrogen-bond donors (Lipinski definition) is 1. The molecule has 0 aliphatic rings. The van der Waals surface area contributed by atoms with Crippen LogP contribution in [-0.4, -0.2) is 16.7 Å². The highest BCUT2D eigenvalue weighted by molar-refractivity contribution is 5.59. The monoisotopic (exact) mass is 217 g/mol. The zero-order valence-corrected chi connectivity index (χ0v) is 9.31. The molecular formula is C13H15NO2. The molecule has 0 aliphatic heterocycles. The van der Waals surface area contributed by atoms with Crippen LogP contribution in [0.2, 0.25) is 0 Å². The number of benzene rings is 1. The van der Waals surface area contributed by atoms with Gasteiger partial charge in [-0.2, -0.15) is 0 Å². The van der Waals surface area contributed by atoms with E-state index in [1.807, 2.05) is 37.3 Å². The summed E-state index contributed by atoms with van der Waals surface area (Å²) in [6.45, 7) is 2.02. The van der Waals surface area contributed by atoms with Gasteiger partial charge in [-0.25, -0.2) is 4.98 Å². The number of aromatic nitrogens is 1. The summed E-state index contributed by atoms with van der Waals surface area (Å²) in [4.78, 5) is 4.35. The quantitative estimate of drug-likeness (QED) is 0.856. The highest BCUT2D eigenvalue weighted by Gasteiger charge is 2.12. The van der Waals surface area contributed by atoms with Gasteiger partial charge in [-0.05, 0) is 12.8 Å². The third-order valence-corrected chi connectivity index (χ3v) is 2.41. The normalized spacial score (nSPS) is 10.6. The molecule has 0 atom stereocenters. The number of nitrogens with zero attached hydrogens (tertiary/aromatic N) is 1. The molecule has 1 heterocycles. The molecule has 0 unspecified atom stereocenters. The largest absolute Gasteiger partial charge is 0.441 e. The van der Waals surface area contributed by atoms with Crippen LogP contribution in [0, 0.1) is 6.92 Å². The minimum absolute atomic E-state index is 0.181. The van der Waals surface area contributed by atoms with Crippen molar-refractivity contribution in [1.29, 1.82) is 0 Å². The smallest absolute Gasteiger partial charge is 0.192 e. The van der Waals surface area contributed by atoms with E-state index in [1.165, 1.54) is 0 Å². The Balaban J connectivity index is 2.33. The van der Waals surface area contributed by atoms with Gasteiger partial charge in [-0.15, -0.1) is 0 Å². The number of aliphatic hydroxyl groups is 1. The lowest BCUT2D eigenvalue weighted by molar-refractivity contribution is 0.288. The van der Waals surface area contributed by atoms with Gasteiger partial charge in [-0.1, -0.05) is 30.3 Å². The molecule has 2 rings (SSSR count). The van der Waals surface area contributed by atoms with Crippen molar-refractivity contribution < 1.29 is 9.52 Å². The van der Waals surface area contributed by atoms with E-state index in [9.17, 15) is 0 Å². The van der Waals surface area contributed by atoms with Gasteiger partial charge in [0.1, 0.15) is 0 Å². The molecule has 0 fully saturated rings. The minimum atomic E-state index is 0.181. The molecule has 84 valence electrons. The average molecular weight is 217 g/mol. The lowest BCUT2D eigenvalue weighted by Crippen LogP contribution is -1.92. The highest BCUT2D eigenvalue weighted by Crippen LogP contribution is 2.25. The van der Waals surface area contributed by atoms with E-state index in [0.29, 0.717) is 12.3 Å². The summed E-state index contributed by atoms with van der Waals surface area (Å²) in [5, 5.41) is 8.84. The second-order valence-electron chi connectivity index (χ2n) is 3.70. The van der Waals surface area contributed by atoms with E-state index in [-0.39, 0.29) is 6.61 Å². The maximum absolute atomic E-state index is 8.84. The first kappa shape index (κ1) is 10.9. The van der Waals surface area contributed by atoms with Crippen molar-refractivity contribution in [2.24, 2.45) is 0 Å². The first-order valence-corrected chi connectivity index (χ1v) is 5.44. The summed E-state index contributed by atoms with van der Waals surface area (Å²) in [7, 11) is 0. The first-order chi connectivity index (χ1) is 7.81. The van der Waals surface area contributed by atoms with Gasteiger partial charge in [0.25, 0.3) is 0 Å². The first-order valence-electron chi connectivity index (χ1n) is 5.44. The molecule has 0 amide bonds. The van der Waals surface area contributed by atoms with Crippen LogP contribution in [-0.2, 0) is 6.42 Å². The van der Waals surface area contributed by atoms with Crippen LogP contribution >= 0.6 is 0 Å². The molecule has 2 aromatic rings. The number of rotatable bonds is 4. The van der Waals surface area contributed by atoms with E-state index in [1.54, 1.807) is 0 Å². The molecule has 0 spiro atoms. The number of aliphatic hydroxyl groups excluding tert-OH is 1. The third kappa shape index (κ3) is 2.31. The molecule has 0 aliphatic carbocycles. The van der Waals surface area contributed by atoms with Crippen LogP contribution in [0.15, 0.2) is 34.7 Å². The maximum atomic E-state index is 8.84. The van der Waals surface area contributed by atoms with Crippen LogP contribution in [0.3, 0.4) is 0 Å². The lowest BCUT2D eigenvalue weighted by atomic mass is 10.1. The van der Waals surface area contributed by atoms with Crippen molar-refractivity contribution in [3.8, 4) is 11.3 Å². The predicted molar refractivity (Wildman–Crippen MR) is 62.1 cm³/mol. The Labute approximate surface area is 94.8 Å². The molecule has 0 saturated carbocycles. The number of hydrogen-bond acceptors (Lipinski definition) is 3. The van der Waals surface area contributed by atoms with E-state index in [2.05, 4.69) is 4.98 Å². The van der Waals surface area contributed by atoms with Crippen molar-refractivity contribution >= 4 is 0 Å². The number of aryl methyl sites for hydroxylation is 2. The Morgan fingerprint density at radius 2 is 2.00 bits per heavy atom. The summed E-state index contributed by atoms with van der Waals surface area (Å²) in [5.41, 5.74) is 1.97. The Morgan fingerprint density at radius 1 is 1.25 bits per heavy atom. The molecule has 3 nitrogen and oxygen atoms in total. The highest BCUT2D eigenvalue weighted by atomic mass is 16.4. The molecule has 0 bridgehead atoms. The third-order valence-electron chi connectivity index (χ3n) is 2.41. The Kier molecular flexibility index (Phi) is 3.37. The van der Waals surface area contributed by atoms with Gasteiger partial charge in [0.15, 0.2) is 11.7 Å². The van der Waals surface area contributed by atoms with Crippen LogP contribution in [0.25, 0.3) is 11.3 Å². The average Bonchev–Trinajstić information content (AvgIpc) is 2.69. The fourth-order valence-corrected chi connectivity index (χ4v) is 1.70. The number of oxazole rings is 1. The van der Waals surface area contributed by atoms with Crippen molar-refractivity contribution in [1.82, 2.24) is 4.98 Å². The van der Waals surface area contributed by atoms with Crippen molar-refractivity contribution in [2.75, 3.05) is 6.61 Å². The van der Waals surface area contributed by atoms with Gasteiger partial charge in [0, 0.05) is 19.1 Å². The molecule has 1 aromatic heterocycles. The van der Waals surface area contributed by atoms with Crippen molar-refractivity contribution in [3.63, 3.8) is 0 Å². The molecule has 16 heavy (non-hydrogen) atoms. The molecule has 3 heteroatoms. The molecule has 0 saturated heterocycles. The second-order valence-corrected chi connectivity index (χ2v) is 3.70. The summed E-state index contributed by atoms with van der Waals surface area (Å²) >= 11 is 0. The minimum Gasteiger partial charge on any atom is -0.441 e. The zero-order valence-electron chi connectivity index (χ0n) is 9.31. The summed E-state index contributed by atoms with van der Waals surface area (Å²) in [5.74, 6) is 1.50. The predicted octanol–water partition coefficient (Wildman–Crippen LogP) is 2.57. The summed E-state index contributed by atoms with van der Waals surface area (Å²) in [6, 6.07) is 9.93. The van der Waals surface area contributed by atoms with Gasteiger partial charge in [0.2, 0.25) is 0 Å². The molecule has 0 radical (unpaired) electrons. The van der Waals surface area contributed by atoms with Gasteiger partial charge < -0.3 is 9.52 Å². The maximum Gasteiger partial charge on any atom is 0.192 e. The van der Waals surface area contributed by atoms with E-state index in [0.717, 1.165) is 23.4 Å². The molecule has 1 N–H and O–H groups in total. The Morgan fingerprint density at radius 3 is 2.69 bits per heavy atom. The Hall–Kier alpha value is -1.61. The Bertz CT molecular complexity index is 448. The topological polar surface area (TPSA) is 46.3 Å². The van der Waals surface area contributed by atoms with Crippen molar-refractivity contribution in [2.45, 2.75) is 19.8 Å². The second kappa shape index (κ2) is 4.94. The van der Waals surface area contributed by atoms with Gasteiger partial charge in [0.05, 0.1) is 5.69 Å². The molecule has 1 aromatic carbocycles. The van der Waals surface area contributed by atoms with E-state index in [4.69, 9.17) is 9.52 Å². The fraction of sp³-hybridized carbons (Fsp3) is 0.308. The van der Waals surface area contributed by atoms with Gasteiger partial charge in [-0.3, -0.25) is 0 Å². The molecular weight excluding hydrogens is 202 g/mol. The zero-order chi connectivity index (χ0) is 11.4. The van der Waals surface area contributed by atoms with Crippen molar-refractivity contribution in [3.05, 3.63) is 41.9 Å². The van der Waals surface area contributed by atoms with Crippen LogP contribution in [0.4, 0.5) is 0 Å². The summed E-state index contributed by atoms with van der Waals surface area (Å²) < 4.78 is 5.60. The lowest BCUT2D eigenvalue weighted by Gasteiger charge is -1.99. The standard InChI is InChI=1S/C13H15NO2/c1-10-14-12(8-5-9-15)13(16-10)11-6-3-2-4-7-11/h2-4,6-7,15H,5,8-9H2,1H3. The van der Waals surface area contributed by atoms with E-state index < -0.39 is 0 Å². The van der Waals surface area contributed by atoms with Gasteiger partial charge >= 0.3 is 0 Å². The van der Waals surface area contributed by atoms with Crippen LogP contribution in [0.1, 0.15) is 18.0 Å². The summed E-state index contributed by atoms with van der Waals surface area (Å²) in [6.07, 6.45) is 1.46. The van der Waals surface area contributed by atoms with Crippen LogP contribution in [0.5, 0.6) is 0 Å². The fourth-order valence-electron chi connectivity index (χ4n) is 1.70. The van der Waals surface area contributed by atoms with E-state index >= 15 is 0 Å². The SMILES string of the molecule is Cc1nc(CCCO)c(-c2ccccc2)o1. The van der Waals surface area contributed by atoms with Crippen LogP contribution < -0.4 is 0 Å².